The number of hydrogen-bond donors (Lipinski definition) is 1. The second kappa shape index (κ2) is 10.6. The summed E-state index contributed by atoms with van der Waals surface area (Å²) in [5.41, 5.74) is 0.314. The molecule has 0 radical (unpaired) electrons. The molecule has 0 fully saturated rings. The SMILES string of the molecule is COc1ccc(C(=O)N2CCc3nc(NC(C)c4ccc(C(F)(F)F)cc4)n(OC)c(=O)c3C2)c(OC)n1. The first-order chi connectivity index (χ1) is 18.1. The zero-order valence-electron chi connectivity index (χ0n) is 21.1. The summed E-state index contributed by atoms with van der Waals surface area (Å²) in [4.78, 5) is 42.0. The molecule has 0 aliphatic carbocycles. The molecule has 0 saturated carbocycles. The standard InChI is InChI=1S/C25H26F3N5O5/c1-14(15-5-7-16(8-6-15)25(26,27)28)29-24-30-19-11-12-32(13-18(19)23(35)33(24)38-4)22(34)17-9-10-20(36-2)31-21(17)37-3/h5-10,14H,11-13H2,1-4H3,(H,29,30). The number of amides is 1. The van der Waals surface area contributed by atoms with Crippen LogP contribution in [0.5, 0.6) is 11.8 Å². The van der Waals surface area contributed by atoms with E-state index < -0.39 is 23.3 Å². The van der Waals surface area contributed by atoms with Crippen molar-refractivity contribution in [3.8, 4) is 11.8 Å². The van der Waals surface area contributed by atoms with Gasteiger partial charge in [-0.15, -0.1) is 4.73 Å². The van der Waals surface area contributed by atoms with Crippen molar-refractivity contribution in [2.45, 2.75) is 32.1 Å². The van der Waals surface area contributed by atoms with Gasteiger partial charge in [0.1, 0.15) is 12.7 Å². The van der Waals surface area contributed by atoms with Crippen LogP contribution in [0.25, 0.3) is 0 Å². The van der Waals surface area contributed by atoms with Gasteiger partial charge in [0.25, 0.3) is 11.5 Å². The Hall–Kier alpha value is -4.29. The molecule has 2 aromatic heterocycles. The van der Waals surface area contributed by atoms with Crippen LogP contribution in [0.4, 0.5) is 19.1 Å². The Labute approximate surface area is 215 Å². The minimum atomic E-state index is -4.43. The Morgan fingerprint density at radius 2 is 1.76 bits per heavy atom. The highest BCUT2D eigenvalue weighted by atomic mass is 19.4. The van der Waals surface area contributed by atoms with E-state index in [1.165, 1.54) is 38.4 Å². The summed E-state index contributed by atoms with van der Waals surface area (Å²) in [6.45, 7) is 2.01. The molecule has 0 spiro atoms. The van der Waals surface area contributed by atoms with Crippen molar-refractivity contribution in [2.75, 3.05) is 33.2 Å². The van der Waals surface area contributed by atoms with Gasteiger partial charge in [0, 0.05) is 19.0 Å². The van der Waals surface area contributed by atoms with Crippen LogP contribution in [-0.2, 0) is 19.1 Å². The molecule has 1 aliphatic rings. The third-order valence-corrected chi connectivity index (χ3v) is 6.21. The number of rotatable bonds is 7. The Balaban J connectivity index is 1.58. The third-order valence-electron chi connectivity index (χ3n) is 6.21. The first-order valence-corrected chi connectivity index (χ1v) is 11.6. The van der Waals surface area contributed by atoms with E-state index in [0.717, 1.165) is 16.9 Å². The van der Waals surface area contributed by atoms with E-state index in [2.05, 4.69) is 15.3 Å². The number of aromatic nitrogens is 3. The van der Waals surface area contributed by atoms with Crippen molar-refractivity contribution < 1.29 is 32.3 Å². The van der Waals surface area contributed by atoms with Crippen molar-refractivity contribution in [3.05, 3.63) is 74.7 Å². The van der Waals surface area contributed by atoms with E-state index in [1.807, 2.05) is 0 Å². The van der Waals surface area contributed by atoms with Crippen LogP contribution in [-0.4, -0.2) is 53.4 Å². The van der Waals surface area contributed by atoms with Crippen LogP contribution in [0.15, 0.2) is 41.2 Å². The molecule has 1 N–H and O–H groups in total. The summed E-state index contributed by atoms with van der Waals surface area (Å²) < 4.78 is 50.0. The largest absolute Gasteiger partial charge is 0.481 e. The highest BCUT2D eigenvalue weighted by Crippen LogP contribution is 2.30. The number of ether oxygens (including phenoxy) is 2. The second-order valence-corrected chi connectivity index (χ2v) is 8.52. The lowest BCUT2D eigenvalue weighted by Gasteiger charge is -2.29. The first kappa shape index (κ1) is 26.8. The summed E-state index contributed by atoms with van der Waals surface area (Å²) in [5, 5.41) is 3.04. The monoisotopic (exact) mass is 533 g/mol. The average Bonchev–Trinajstić information content (AvgIpc) is 2.92. The van der Waals surface area contributed by atoms with Crippen LogP contribution in [0, 0.1) is 0 Å². The number of anilines is 1. The number of benzene rings is 1. The predicted octanol–water partition coefficient (Wildman–Crippen LogP) is 3.10. The number of halogens is 3. The second-order valence-electron chi connectivity index (χ2n) is 8.52. The van der Waals surface area contributed by atoms with Crippen LogP contribution in [0.2, 0.25) is 0 Å². The minimum absolute atomic E-state index is 0.00667. The zero-order chi connectivity index (χ0) is 27.6. The summed E-state index contributed by atoms with van der Waals surface area (Å²) in [6, 6.07) is 7.32. The predicted molar refractivity (Wildman–Crippen MR) is 130 cm³/mol. The fourth-order valence-electron chi connectivity index (χ4n) is 4.16. The van der Waals surface area contributed by atoms with Crippen molar-refractivity contribution in [3.63, 3.8) is 0 Å². The van der Waals surface area contributed by atoms with Crippen LogP contribution >= 0.6 is 0 Å². The van der Waals surface area contributed by atoms with Gasteiger partial charge >= 0.3 is 6.18 Å². The van der Waals surface area contributed by atoms with Crippen molar-refractivity contribution in [1.82, 2.24) is 19.6 Å². The molecule has 3 heterocycles. The Kier molecular flexibility index (Phi) is 7.46. The molecule has 1 unspecified atom stereocenters. The maximum absolute atomic E-state index is 13.3. The highest BCUT2D eigenvalue weighted by Gasteiger charge is 2.31. The average molecular weight is 534 g/mol. The number of hydrogen-bond acceptors (Lipinski definition) is 8. The van der Waals surface area contributed by atoms with Gasteiger partial charge in [0.15, 0.2) is 0 Å². The van der Waals surface area contributed by atoms with Gasteiger partial charge in [-0.3, -0.25) is 9.59 Å². The summed E-state index contributed by atoms with van der Waals surface area (Å²) in [6.07, 6.45) is -4.13. The minimum Gasteiger partial charge on any atom is -0.481 e. The van der Waals surface area contributed by atoms with Gasteiger partial charge in [0.05, 0.1) is 43.6 Å². The van der Waals surface area contributed by atoms with Crippen molar-refractivity contribution in [2.24, 2.45) is 0 Å². The van der Waals surface area contributed by atoms with Gasteiger partial charge in [-0.1, -0.05) is 12.1 Å². The molecule has 1 atom stereocenters. The zero-order valence-corrected chi connectivity index (χ0v) is 21.1. The number of nitrogens with zero attached hydrogens (tertiary/aromatic N) is 4. The van der Waals surface area contributed by atoms with Gasteiger partial charge in [-0.2, -0.15) is 18.2 Å². The molecule has 0 bridgehead atoms. The number of methoxy groups -OCH3 is 2. The molecule has 3 aromatic rings. The molecule has 4 rings (SSSR count). The maximum Gasteiger partial charge on any atom is 0.416 e. The quantitative estimate of drug-likeness (QED) is 0.494. The number of alkyl halides is 3. The highest BCUT2D eigenvalue weighted by molar-refractivity contribution is 5.96. The van der Waals surface area contributed by atoms with E-state index in [-0.39, 0.29) is 29.8 Å². The van der Waals surface area contributed by atoms with Crippen molar-refractivity contribution in [1.29, 1.82) is 0 Å². The maximum atomic E-state index is 13.3. The van der Waals surface area contributed by atoms with Crippen LogP contribution in [0.3, 0.4) is 0 Å². The molecule has 0 saturated heterocycles. The van der Waals surface area contributed by atoms with E-state index in [0.29, 0.717) is 35.7 Å². The van der Waals surface area contributed by atoms with Crippen LogP contribution in [0.1, 0.15) is 45.7 Å². The molecular formula is C25H26F3N5O5. The lowest BCUT2D eigenvalue weighted by atomic mass is 10.1. The fraction of sp³-hybridized carbons (Fsp3) is 0.360. The fourth-order valence-corrected chi connectivity index (χ4v) is 4.16. The Morgan fingerprint density at radius 1 is 1.05 bits per heavy atom. The smallest absolute Gasteiger partial charge is 0.416 e. The number of carbonyl (C=O) groups excluding carboxylic acids is 1. The lowest BCUT2D eigenvalue weighted by Crippen LogP contribution is -2.42. The third kappa shape index (κ3) is 5.22. The molecule has 1 aliphatic heterocycles. The van der Waals surface area contributed by atoms with Gasteiger partial charge < -0.3 is 24.5 Å². The molecule has 38 heavy (non-hydrogen) atoms. The molecule has 13 heteroatoms. The Morgan fingerprint density at radius 3 is 2.37 bits per heavy atom. The molecule has 10 nitrogen and oxygen atoms in total. The summed E-state index contributed by atoms with van der Waals surface area (Å²) >= 11 is 0. The van der Waals surface area contributed by atoms with E-state index in [1.54, 1.807) is 19.1 Å². The Bertz CT molecular complexity index is 1390. The summed E-state index contributed by atoms with van der Waals surface area (Å²) in [5.74, 6) is 0.123. The molecular weight excluding hydrogens is 507 g/mol. The normalized spacial score (nSPS) is 13.9. The van der Waals surface area contributed by atoms with Gasteiger partial charge in [0.2, 0.25) is 17.7 Å². The number of pyridine rings is 1. The van der Waals surface area contributed by atoms with Crippen LogP contribution < -0.4 is 25.2 Å². The number of fused-ring (bicyclic) bond motifs is 1. The van der Waals surface area contributed by atoms with E-state index in [4.69, 9.17) is 14.3 Å². The topological polar surface area (TPSA) is 108 Å². The molecule has 1 aromatic carbocycles. The lowest BCUT2D eigenvalue weighted by molar-refractivity contribution is -0.137. The number of nitrogens with one attached hydrogen (secondary N) is 1. The van der Waals surface area contributed by atoms with Crippen molar-refractivity contribution >= 4 is 11.9 Å². The summed E-state index contributed by atoms with van der Waals surface area (Å²) in [7, 11) is 4.14. The molecule has 1 amide bonds. The van der Waals surface area contributed by atoms with Gasteiger partial charge in [-0.05, 0) is 30.7 Å². The van der Waals surface area contributed by atoms with E-state index >= 15 is 0 Å². The van der Waals surface area contributed by atoms with Gasteiger partial charge in [-0.25, -0.2) is 4.98 Å². The number of carbonyl (C=O) groups is 1. The first-order valence-electron chi connectivity index (χ1n) is 11.6. The van der Waals surface area contributed by atoms with E-state index in [9.17, 15) is 22.8 Å². The molecule has 202 valence electrons.